The van der Waals surface area contributed by atoms with Crippen molar-refractivity contribution in [2.45, 2.75) is 26.3 Å². The molecule has 0 aliphatic heterocycles. The first-order chi connectivity index (χ1) is 7.22. The van der Waals surface area contributed by atoms with Crippen molar-refractivity contribution in [3.05, 3.63) is 18.2 Å². The minimum absolute atomic E-state index is 0.215. The Hall–Kier alpha value is -1.29. The molecule has 1 heterocycles. The van der Waals surface area contributed by atoms with Crippen LogP contribution in [0.2, 0.25) is 0 Å². The zero-order valence-electron chi connectivity index (χ0n) is 9.36. The third kappa shape index (κ3) is 4.65. The van der Waals surface area contributed by atoms with Crippen molar-refractivity contribution in [3.63, 3.8) is 0 Å². The third-order valence-corrected chi connectivity index (χ3v) is 1.92. The summed E-state index contributed by atoms with van der Waals surface area (Å²) in [6.45, 7) is 5.40. The Balaban J connectivity index is 2.43. The van der Waals surface area contributed by atoms with Gasteiger partial charge in [0.05, 0.1) is 6.61 Å². The lowest BCUT2D eigenvalue weighted by molar-refractivity contribution is 0.327. The Kier molecular flexibility index (Phi) is 4.90. The van der Waals surface area contributed by atoms with E-state index in [0.29, 0.717) is 12.5 Å². The maximum atomic E-state index is 5.65. The average molecular weight is 209 g/mol. The Morgan fingerprint density at radius 1 is 1.53 bits per heavy atom. The largest absolute Gasteiger partial charge is 0.478 e. The summed E-state index contributed by atoms with van der Waals surface area (Å²) >= 11 is 0. The van der Waals surface area contributed by atoms with Crippen LogP contribution in [0.25, 0.3) is 0 Å². The lowest BCUT2D eigenvalue weighted by atomic mass is 10.2. The maximum Gasteiger partial charge on any atom is 0.215 e. The number of ether oxygens (including phenoxy) is 1. The first-order valence-corrected chi connectivity index (χ1v) is 5.31. The molecule has 1 rings (SSSR count). The minimum atomic E-state index is 0.215. The molecule has 84 valence electrons. The average Bonchev–Trinajstić information content (AvgIpc) is 2.18. The van der Waals surface area contributed by atoms with Gasteiger partial charge in [-0.3, -0.25) is 0 Å². The van der Waals surface area contributed by atoms with E-state index in [9.17, 15) is 0 Å². The van der Waals surface area contributed by atoms with E-state index in [0.717, 1.165) is 18.8 Å². The molecule has 1 aromatic rings. The molecule has 0 aromatic carbocycles. The number of hydrogen-bond donors (Lipinski definition) is 2. The van der Waals surface area contributed by atoms with Crippen molar-refractivity contribution in [1.82, 2.24) is 4.98 Å². The van der Waals surface area contributed by atoms with Crippen LogP contribution in [0.15, 0.2) is 18.2 Å². The summed E-state index contributed by atoms with van der Waals surface area (Å²) in [5.74, 6) is 1.49. The molecule has 0 radical (unpaired) electrons. The van der Waals surface area contributed by atoms with Gasteiger partial charge in [0.15, 0.2) is 0 Å². The van der Waals surface area contributed by atoms with E-state index in [1.165, 1.54) is 0 Å². The van der Waals surface area contributed by atoms with E-state index < -0.39 is 0 Å². The number of nitrogens with two attached hydrogens (primary N) is 1. The van der Waals surface area contributed by atoms with Gasteiger partial charge in [0.25, 0.3) is 0 Å². The van der Waals surface area contributed by atoms with Gasteiger partial charge in [0.2, 0.25) is 5.88 Å². The monoisotopic (exact) mass is 209 g/mol. The molecule has 1 aromatic heterocycles. The first-order valence-electron chi connectivity index (χ1n) is 5.31. The fourth-order valence-electron chi connectivity index (χ4n) is 1.17. The second-order valence-corrected chi connectivity index (χ2v) is 3.49. The van der Waals surface area contributed by atoms with E-state index in [1.807, 2.05) is 32.0 Å². The molecule has 0 spiro atoms. The highest BCUT2D eigenvalue weighted by atomic mass is 16.5. The third-order valence-electron chi connectivity index (χ3n) is 1.92. The summed E-state index contributed by atoms with van der Waals surface area (Å²) in [5, 5.41) is 3.20. The van der Waals surface area contributed by atoms with Crippen LogP contribution in [0.4, 0.5) is 5.82 Å². The molecular weight excluding hydrogens is 190 g/mol. The molecule has 15 heavy (non-hydrogen) atoms. The summed E-state index contributed by atoms with van der Waals surface area (Å²) < 4.78 is 5.30. The number of nitrogens with one attached hydrogen (secondary N) is 1. The molecule has 0 amide bonds. The predicted molar refractivity (Wildman–Crippen MR) is 62.2 cm³/mol. The molecule has 0 saturated heterocycles. The van der Waals surface area contributed by atoms with Gasteiger partial charge in [0.1, 0.15) is 5.82 Å². The van der Waals surface area contributed by atoms with Crippen LogP contribution in [0, 0.1) is 0 Å². The maximum absolute atomic E-state index is 5.65. The van der Waals surface area contributed by atoms with Crippen molar-refractivity contribution in [3.8, 4) is 5.88 Å². The van der Waals surface area contributed by atoms with E-state index in [2.05, 4.69) is 10.3 Å². The van der Waals surface area contributed by atoms with Crippen LogP contribution in [-0.4, -0.2) is 24.2 Å². The Morgan fingerprint density at radius 3 is 3.00 bits per heavy atom. The van der Waals surface area contributed by atoms with Crippen LogP contribution >= 0.6 is 0 Å². The number of nitrogens with zero attached hydrogens (tertiary/aromatic N) is 1. The van der Waals surface area contributed by atoms with Crippen molar-refractivity contribution < 1.29 is 4.74 Å². The summed E-state index contributed by atoms with van der Waals surface area (Å²) in [6, 6.07) is 5.91. The number of hydrogen-bond acceptors (Lipinski definition) is 4. The lowest BCUT2D eigenvalue weighted by Crippen LogP contribution is -2.19. The van der Waals surface area contributed by atoms with Crippen molar-refractivity contribution in [1.29, 1.82) is 0 Å². The lowest BCUT2D eigenvalue weighted by Gasteiger charge is -2.08. The SMILES string of the molecule is CCOc1cccc(NCCC(C)N)n1. The molecule has 4 nitrogen and oxygen atoms in total. The van der Waals surface area contributed by atoms with E-state index in [4.69, 9.17) is 10.5 Å². The van der Waals surface area contributed by atoms with Crippen LogP contribution in [0.3, 0.4) is 0 Å². The number of anilines is 1. The highest BCUT2D eigenvalue weighted by Gasteiger charge is 1.98. The van der Waals surface area contributed by atoms with Gasteiger partial charge >= 0.3 is 0 Å². The molecular formula is C11H19N3O. The Labute approximate surface area is 90.8 Å². The minimum Gasteiger partial charge on any atom is -0.478 e. The van der Waals surface area contributed by atoms with Crippen LogP contribution < -0.4 is 15.8 Å². The van der Waals surface area contributed by atoms with E-state index >= 15 is 0 Å². The fourth-order valence-corrected chi connectivity index (χ4v) is 1.17. The highest BCUT2D eigenvalue weighted by Crippen LogP contribution is 2.11. The number of aromatic nitrogens is 1. The predicted octanol–water partition coefficient (Wildman–Crippen LogP) is 1.63. The molecule has 0 fully saturated rings. The molecule has 4 heteroatoms. The number of pyridine rings is 1. The zero-order valence-corrected chi connectivity index (χ0v) is 9.36. The fraction of sp³-hybridized carbons (Fsp3) is 0.545. The summed E-state index contributed by atoms with van der Waals surface area (Å²) in [4.78, 5) is 4.29. The second-order valence-electron chi connectivity index (χ2n) is 3.49. The van der Waals surface area contributed by atoms with Gasteiger partial charge in [-0.15, -0.1) is 0 Å². The summed E-state index contributed by atoms with van der Waals surface area (Å²) in [5.41, 5.74) is 5.65. The Morgan fingerprint density at radius 2 is 2.33 bits per heavy atom. The normalized spacial score (nSPS) is 12.2. The van der Waals surface area contributed by atoms with Crippen LogP contribution in [-0.2, 0) is 0 Å². The van der Waals surface area contributed by atoms with Gasteiger partial charge in [-0.05, 0) is 26.3 Å². The molecule has 0 bridgehead atoms. The van der Waals surface area contributed by atoms with Crippen LogP contribution in [0.5, 0.6) is 5.88 Å². The Bertz CT molecular complexity index is 289. The number of rotatable bonds is 6. The van der Waals surface area contributed by atoms with Crippen molar-refractivity contribution >= 4 is 5.82 Å². The standard InChI is InChI=1S/C11H19N3O/c1-3-15-11-6-4-5-10(14-11)13-8-7-9(2)12/h4-6,9H,3,7-8,12H2,1-2H3,(H,13,14). The van der Waals surface area contributed by atoms with Crippen molar-refractivity contribution in [2.24, 2.45) is 5.73 Å². The quantitative estimate of drug-likeness (QED) is 0.747. The molecule has 1 unspecified atom stereocenters. The van der Waals surface area contributed by atoms with E-state index in [-0.39, 0.29) is 6.04 Å². The molecule has 0 saturated carbocycles. The summed E-state index contributed by atoms with van der Waals surface area (Å²) in [6.07, 6.45) is 0.931. The van der Waals surface area contributed by atoms with Gasteiger partial charge in [-0.25, -0.2) is 0 Å². The van der Waals surface area contributed by atoms with Gasteiger partial charge in [-0.2, -0.15) is 4.98 Å². The highest BCUT2D eigenvalue weighted by molar-refractivity contribution is 5.36. The zero-order chi connectivity index (χ0) is 11.1. The second kappa shape index (κ2) is 6.24. The van der Waals surface area contributed by atoms with Gasteiger partial charge < -0.3 is 15.8 Å². The molecule has 3 N–H and O–H groups in total. The summed E-state index contributed by atoms with van der Waals surface area (Å²) in [7, 11) is 0. The molecule has 0 aliphatic carbocycles. The van der Waals surface area contributed by atoms with Crippen LogP contribution in [0.1, 0.15) is 20.3 Å². The van der Waals surface area contributed by atoms with Gasteiger partial charge in [-0.1, -0.05) is 6.07 Å². The first kappa shape index (κ1) is 11.8. The van der Waals surface area contributed by atoms with Gasteiger partial charge in [0, 0.05) is 18.7 Å². The topological polar surface area (TPSA) is 60.2 Å². The van der Waals surface area contributed by atoms with Crippen molar-refractivity contribution in [2.75, 3.05) is 18.5 Å². The smallest absolute Gasteiger partial charge is 0.215 e. The van der Waals surface area contributed by atoms with E-state index in [1.54, 1.807) is 0 Å². The molecule has 1 atom stereocenters. The molecule has 0 aliphatic rings.